The van der Waals surface area contributed by atoms with Gasteiger partial charge in [-0.1, -0.05) is 6.07 Å². The number of carbonyl (C=O) groups is 1. The Balaban J connectivity index is 1.82. The molecule has 1 atom stereocenters. The van der Waals surface area contributed by atoms with E-state index < -0.39 is 17.2 Å². The lowest BCUT2D eigenvalue weighted by Crippen LogP contribution is -2.35. The first kappa shape index (κ1) is 20.0. The smallest absolute Gasteiger partial charge is 0.221 e. The van der Waals surface area contributed by atoms with E-state index in [4.69, 9.17) is 0 Å². The van der Waals surface area contributed by atoms with Crippen LogP contribution in [0.3, 0.4) is 0 Å². The second-order valence-electron chi connectivity index (χ2n) is 6.24. The second kappa shape index (κ2) is 8.49. The lowest BCUT2D eigenvalue weighted by Gasteiger charge is -2.28. The Morgan fingerprint density at radius 1 is 1.25 bits per heavy atom. The molecule has 0 radical (unpaired) electrons. The summed E-state index contributed by atoms with van der Waals surface area (Å²) >= 11 is 1.30. The molecule has 1 aromatic heterocycles. The predicted octanol–water partition coefficient (Wildman–Crippen LogP) is 3.19. The van der Waals surface area contributed by atoms with Crippen molar-refractivity contribution < 1.29 is 18.7 Å². The molecule has 0 spiro atoms. The minimum absolute atomic E-state index is 0.0215. The van der Waals surface area contributed by atoms with E-state index in [0.29, 0.717) is 5.69 Å². The molecule has 3 aromatic rings. The largest absolute Gasteiger partial charge is 0.382 e. The van der Waals surface area contributed by atoms with Crippen LogP contribution in [0.15, 0.2) is 60.0 Å². The van der Waals surface area contributed by atoms with Crippen molar-refractivity contribution in [3.63, 3.8) is 0 Å². The van der Waals surface area contributed by atoms with Crippen LogP contribution < -0.4 is 5.32 Å². The van der Waals surface area contributed by atoms with Gasteiger partial charge in [0.15, 0.2) is 0 Å². The Hall–Kier alpha value is -2.78. The molecule has 3 rings (SSSR count). The number of nitrogens with one attached hydrogen (secondary N) is 1. The Morgan fingerprint density at radius 2 is 2.00 bits per heavy atom. The topological polar surface area (TPSA) is 80.0 Å². The number of aliphatic hydroxyl groups is 1. The molecular formula is C19H18F2N4O2S. The number of nitrogens with zero attached hydrogens (tertiary/aromatic N) is 3. The zero-order chi connectivity index (χ0) is 20.1. The van der Waals surface area contributed by atoms with Crippen molar-refractivity contribution >= 4 is 23.4 Å². The van der Waals surface area contributed by atoms with Crippen molar-refractivity contribution in [1.82, 2.24) is 14.8 Å². The molecule has 0 fully saturated rings. The maximum atomic E-state index is 14.4. The van der Waals surface area contributed by atoms with Crippen molar-refractivity contribution in [2.75, 3.05) is 11.1 Å². The summed E-state index contributed by atoms with van der Waals surface area (Å²) in [5.74, 6) is -1.63. The van der Waals surface area contributed by atoms with Gasteiger partial charge in [-0.15, -0.1) is 11.8 Å². The van der Waals surface area contributed by atoms with Crippen molar-refractivity contribution in [3.8, 4) is 0 Å². The number of amides is 1. The fourth-order valence-corrected chi connectivity index (χ4v) is 3.68. The first-order chi connectivity index (χ1) is 13.4. The predicted molar refractivity (Wildman–Crippen MR) is 102 cm³/mol. The number of aromatic nitrogens is 3. The quantitative estimate of drug-likeness (QED) is 0.591. The molecule has 1 heterocycles. The van der Waals surface area contributed by atoms with Crippen molar-refractivity contribution in [2.45, 2.75) is 24.0 Å². The summed E-state index contributed by atoms with van der Waals surface area (Å²) in [5.41, 5.74) is -1.02. The minimum Gasteiger partial charge on any atom is -0.382 e. The van der Waals surface area contributed by atoms with Crippen LogP contribution in [0.25, 0.3) is 0 Å². The molecule has 0 unspecified atom stereocenters. The zero-order valence-electron chi connectivity index (χ0n) is 15.0. The lowest BCUT2D eigenvalue weighted by molar-refractivity contribution is -0.114. The molecule has 0 aliphatic carbocycles. The third-order valence-corrected chi connectivity index (χ3v) is 5.20. The summed E-state index contributed by atoms with van der Waals surface area (Å²) in [4.78, 5) is 15.7. The number of benzene rings is 2. The molecule has 0 saturated heterocycles. The van der Waals surface area contributed by atoms with Gasteiger partial charge in [-0.25, -0.2) is 18.4 Å². The van der Waals surface area contributed by atoms with Gasteiger partial charge in [-0.2, -0.15) is 5.10 Å². The van der Waals surface area contributed by atoms with Gasteiger partial charge in [0, 0.05) is 34.9 Å². The Bertz CT molecular complexity index is 951. The standard InChI is InChI=1S/C19H18F2N4O2S/c1-13(26)24-15-3-5-16(6-4-15)28-10-19(27,9-25-12-22-11-23-25)17-7-2-14(20)8-18(17)21/h2-8,11-12,27H,9-10H2,1H3,(H,24,26)/t19-/m1/s1. The number of hydrogen-bond donors (Lipinski definition) is 2. The van der Waals surface area contributed by atoms with Crippen molar-refractivity contribution in [3.05, 3.63) is 72.3 Å². The number of anilines is 1. The van der Waals surface area contributed by atoms with Crippen LogP contribution in [0.1, 0.15) is 12.5 Å². The molecular weight excluding hydrogens is 386 g/mol. The third kappa shape index (κ3) is 4.93. The Labute approximate surface area is 164 Å². The molecule has 0 saturated carbocycles. The average Bonchev–Trinajstić information content (AvgIpc) is 3.13. The highest BCUT2D eigenvalue weighted by molar-refractivity contribution is 7.99. The fraction of sp³-hybridized carbons (Fsp3) is 0.211. The van der Waals surface area contributed by atoms with Crippen molar-refractivity contribution in [1.29, 1.82) is 0 Å². The van der Waals surface area contributed by atoms with E-state index >= 15 is 0 Å². The van der Waals surface area contributed by atoms with Crippen LogP contribution in [0, 0.1) is 11.6 Å². The van der Waals surface area contributed by atoms with E-state index in [1.54, 1.807) is 24.3 Å². The molecule has 146 valence electrons. The molecule has 1 amide bonds. The number of thioether (sulfide) groups is 1. The number of hydrogen-bond acceptors (Lipinski definition) is 5. The Morgan fingerprint density at radius 3 is 2.61 bits per heavy atom. The third-order valence-electron chi connectivity index (χ3n) is 3.97. The van der Waals surface area contributed by atoms with E-state index in [0.717, 1.165) is 17.0 Å². The highest BCUT2D eigenvalue weighted by atomic mass is 32.2. The van der Waals surface area contributed by atoms with Gasteiger partial charge >= 0.3 is 0 Å². The van der Waals surface area contributed by atoms with Gasteiger partial charge in [0.1, 0.15) is 29.9 Å². The van der Waals surface area contributed by atoms with Gasteiger partial charge in [0.25, 0.3) is 0 Å². The molecule has 9 heteroatoms. The van der Waals surface area contributed by atoms with Crippen LogP contribution in [-0.2, 0) is 16.9 Å². The van der Waals surface area contributed by atoms with Crippen LogP contribution in [0.2, 0.25) is 0 Å². The number of rotatable bonds is 7. The van der Waals surface area contributed by atoms with Crippen LogP contribution >= 0.6 is 11.8 Å². The van der Waals surface area contributed by atoms with E-state index in [2.05, 4.69) is 15.4 Å². The first-order valence-electron chi connectivity index (χ1n) is 8.36. The highest BCUT2D eigenvalue weighted by Gasteiger charge is 2.33. The van der Waals surface area contributed by atoms with E-state index in [1.165, 1.54) is 42.1 Å². The monoisotopic (exact) mass is 404 g/mol. The van der Waals surface area contributed by atoms with Gasteiger partial charge in [0.2, 0.25) is 5.91 Å². The maximum Gasteiger partial charge on any atom is 0.221 e. The van der Waals surface area contributed by atoms with Gasteiger partial charge < -0.3 is 10.4 Å². The maximum absolute atomic E-state index is 14.4. The minimum atomic E-state index is -1.65. The van der Waals surface area contributed by atoms with Crippen LogP contribution in [0.4, 0.5) is 14.5 Å². The normalized spacial score (nSPS) is 13.1. The first-order valence-corrected chi connectivity index (χ1v) is 9.35. The molecule has 2 N–H and O–H groups in total. The molecule has 0 bridgehead atoms. The molecule has 28 heavy (non-hydrogen) atoms. The SMILES string of the molecule is CC(=O)Nc1ccc(SC[C@](O)(Cn2cncn2)c2ccc(F)cc2F)cc1. The summed E-state index contributed by atoms with van der Waals surface area (Å²) < 4.78 is 29.1. The van der Waals surface area contributed by atoms with E-state index in [-0.39, 0.29) is 23.8 Å². The van der Waals surface area contributed by atoms with Crippen LogP contribution in [0.5, 0.6) is 0 Å². The molecule has 0 aliphatic rings. The highest BCUT2D eigenvalue weighted by Crippen LogP contribution is 2.33. The molecule has 0 aliphatic heterocycles. The van der Waals surface area contributed by atoms with Gasteiger partial charge in [0.05, 0.1) is 6.54 Å². The van der Waals surface area contributed by atoms with Crippen molar-refractivity contribution in [2.24, 2.45) is 0 Å². The summed E-state index contributed by atoms with van der Waals surface area (Å²) in [6.45, 7) is 1.37. The summed E-state index contributed by atoms with van der Waals surface area (Å²) in [5, 5.41) is 17.9. The Kier molecular flexibility index (Phi) is 6.05. The lowest BCUT2D eigenvalue weighted by atomic mass is 9.95. The van der Waals surface area contributed by atoms with Gasteiger partial charge in [-0.3, -0.25) is 4.79 Å². The number of halogens is 2. The number of carbonyl (C=O) groups excluding carboxylic acids is 1. The van der Waals surface area contributed by atoms with E-state index in [1.807, 2.05) is 0 Å². The summed E-state index contributed by atoms with van der Waals surface area (Å²) in [6.07, 6.45) is 2.73. The van der Waals surface area contributed by atoms with Gasteiger partial charge in [-0.05, 0) is 30.3 Å². The second-order valence-corrected chi connectivity index (χ2v) is 7.29. The molecule has 6 nitrogen and oxygen atoms in total. The fourth-order valence-electron chi connectivity index (χ4n) is 2.70. The van der Waals surface area contributed by atoms with E-state index in [9.17, 15) is 18.7 Å². The molecule has 2 aromatic carbocycles. The van der Waals surface area contributed by atoms with Crippen LogP contribution in [-0.4, -0.2) is 31.5 Å². The average molecular weight is 404 g/mol. The zero-order valence-corrected chi connectivity index (χ0v) is 15.8. The summed E-state index contributed by atoms with van der Waals surface area (Å²) in [7, 11) is 0. The summed E-state index contributed by atoms with van der Waals surface area (Å²) in [6, 6.07) is 10.1.